The third-order valence-electron chi connectivity index (χ3n) is 5.96. The molecule has 0 bridgehead atoms. The molecule has 0 saturated carbocycles. The van der Waals surface area contributed by atoms with E-state index >= 15 is 0 Å². The minimum Gasteiger partial charge on any atom is -0.508 e. The smallest absolute Gasteiger partial charge is 0.254 e. The molecule has 2 heterocycles. The SMILES string of the molecule is O=C(c1ccc2[nH]cnc2c1)N1CCCC2c3c(O)cccc3CC[C@@H]21. The van der Waals surface area contributed by atoms with Gasteiger partial charge in [-0.1, -0.05) is 12.1 Å². The maximum atomic E-state index is 13.2. The van der Waals surface area contributed by atoms with Crippen LogP contribution in [-0.2, 0) is 6.42 Å². The van der Waals surface area contributed by atoms with Crippen LogP contribution in [0.5, 0.6) is 5.75 Å². The number of phenols is 1. The van der Waals surface area contributed by atoms with Gasteiger partial charge in [0.25, 0.3) is 5.91 Å². The first-order valence-corrected chi connectivity index (χ1v) is 9.27. The van der Waals surface area contributed by atoms with Gasteiger partial charge >= 0.3 is 0 Å². The number of aryl methyl sites for hydroxylation is 1. The number of aromatic nitrogens is 2. The van der Waals surface area contributed by atoms with Crippen LogP contribution < -0.4 is 0 Å². The summed E-state index contributed by atoms with van der Waals surface area (Å²) < 4.78 is 0. The Kier molecular flexibility index (Phi) is 3.48. The van der Waals surface area contributed by atoms with Gasteiger partial charge in [0, 0.05) is 29.6 Å². The third-order valence-corrected chi connectivity index (χ3v) is 5.96. The van der Waals surface area contributed by atoms with E-state index < -0.39 is 0 Å². The highest BCUT2D eigenvalue weighted by molar-refractivity contribution is 5.97. The summed E-state index contributed by atoms with van der Waals surface area (Å²) in [5, 5.41) is 10.4. The fourth-order valence-electron chi connectivity index (χ4n) is 4.78. The number of nitrogens with zero attached hydrogens (tertiary/aromatic N) is 2. The predicted octanol–water partition coefficient (Wildman–Crippen LogP) is 3.60. The topological polar surface area (TPSA) is 69.2 Å². The number of hydrogen-bond donors (Lipinski definition) is 2. The Morgan fingerprint density at radius 3 is 3.08 bits per heavy atom. The Balaban J connectivity index is 1.50. The number of aromatic hydroxyl groups is 1. The van der Waals surface area contributed by atoms with Crippen molar-refractivity contribution in [2.24, 2.45) is 0 Å². The molecule has 5 nitrogen and oxygen atoms in total. The van der Waals surface area contributed by atoms with Gasteiger partial charge < -0.3 is 15.0 Å². The lowest BCUT2D eigenvalue weighted by Crippen LogP contribution is -2.49. The molecule has 1 saturated heterocycles. The number of phenolic OH excluding ortho intramolecular Hbond substituents is 1. The maximum Gasteiger partial charge on any atom is 0.254 e. The fourth-order valence-corrected chi connectivity index (χ4v) is 4.78. The number of aromatic amines is 1. The molecule has 132 valence electrons. The summed E-state index contributed by atoms with van der Waals surface area (Å²) in [5.41, 5.74) is 4.74. The summed E-state index contributed by atoms with van der Waals surface area (Å²) in [4.78, 5) is 22.6. The number of nitrogens with one attached hydrogen (secondary N) is 1. The zero-order chi connectivity index (χ0) is 17.7. The molecule has 5 heteroatoms. The molecule has 1 aliphatic carbocycles. The highest BCUT2D eigenvalue weighted by atomic mass is 16.3. The van der Waals surface area contributed by atoms with Crippen LogP contribution in [0.1, 0.15) is 46.7 Å². The van der Waals surface area contributed by atoms with Crippen LogP contribution in [0.4, 0.5) is 0 Å². The van der Waals surface area contributed by atoms with Crippen molar-refractivity contribution < 1.29 is 9.90 Å². The molecule has 1 fully saturated rings. The van der Waals surface area contributed by atoms with Crippen molar-refractivity contribution in [1.29, 1.82) is 0 Å². The number of carbonyl (C=O) groups is 1. The normalized spacial score (nSPS) is 22.1. The Labute approximate surface area is 151 Å². The number of imidazole rings is 1. The Morgan fingerprint density at radius 2 is 2.15 bits per heavy atom. The summed E-state index contributed by atoms with van der Waals surface area (Å²) in [6.07, 6.45) is 5.50. The number of fused-ring (bicyclic) bond motifs is 4. The average Bonchev–Trinajstić information content (AvgIpc) is 3.14. The van der Waals surface area contributed by atoms with Crippen LogP contribution in [0, 0.1) is 0 Å². The quantitative estimate of drug-likeness (QED) is 0.707. The largest absolute Gasteiger partial charge is 0.508 e. The molecule has 1 amide bonds. The van der Waals surface area contributed by atoms with Crippen LogP contribution in [0.25, 0.3) is 11.0 Å². The van der Waals surface area contributed by atoms with E-state index in [2.05, 4.69) is 16.0 Å². The maximum absolute atomic E-state index is 13.2. The van der Waals surface area contributed by atoms with Gasteiger partial charge in [0.1, 0.15) is 5.75 Å². The fraction of sp³-hybridized carbons (Fsp3) is 0.333. The molecule has 26 heavy (non-hydrogen) atoms. The Morgan fingerprint density at radius 1 is 1.23 bits per heavy atom. The van der Waals surface area contributed by atoms with Gasteiger partial charge in [0.05, 0.1) is 17.4 Å². The number of H-pyrrole nitrogens is 1. The number of rotatable bonds is 1. The molecule has 3 aromatic rings. The van der Waals surface area contributed by atoms with Crippen molar-refractivity contribution in [1.82, 2.24) is 14.9 Å². The molecule has 1 aromatic heterocycles. The number of benzene rings is 2. The molecule has 2 atom stereocenters. The van der Waals surface area contributed by atoms with Crippen LogP contribution in [0.3, 0.4) is 0 Å². The zero-order valence-corrected chi connectivity index (χ0v) is 14.5. The summed E-state index contributed by atoms with van der Waals surface area (Å²) in [6, 6.07) is 11.6. The lowest BCUT2D eigenvalue weighted by molar-refractivity contribution is 0.0544. The van der Waals surface area contributed by atoms with Crippen molar-refractivity contribution >= 4 is 16.9 Å². The van der Waals surface area contributed by atoms with Gasteiger partial charge in [-0.15, -0.1) is 0 Å². The highest BCUT2D eigenvalue weighted by Gasteiger charge is 2.39. The van der Waals surface area contributed by atoms with E-state index in [4.69, 9.17) is 0 Å². The number of likely N-dealkylation sites (tertiary alicyclic amines) is 1. The van der Waals surface area contributed by atoms with Crippen molar-refractivity contribution in [3.8, 4) is 5.75 Å². The molecule has 1 unspecified atom stereocenters. The molecule has 2 aliphatic rings. The van der Waals surface area contributed by atoms with E-state index in [1.54, 1.807) is 12.4 Å². The molecular weight excluding hydrogens is 326 g/mol. The molecule has 5 rings (SSSR count). The van der Waals surface area contributed by atoms with Gasteiger partial charge in [-0.25, -0.2) is 4.98 Å². The number of amides is 1. The van der Waals surface area contributed by atoms with E-state index in [-0.39, 0.29) is 17.9 Å². The van der Waals surface area contributed by atoms with E-state index in [9.17, 15) is 9.90 Å². The first kappa shape index (κ1) is 15.4. The number of hydrogen-bond acceptors (Lipinski definition) is 3. The lowest BCUT2D eigenvalue weighted by atomic mass is 9.73. The first-order valence-electron chi connectivity index (χ1n) is 9.27. The second-order valence-corrected chi connectivity index (χ2v) is 7.34. The highest BCUT2D eigenvalue weighted by Crippen LogP contribution is 2.44. The summed E-state index contributed by atoms with van der Waals surface area (Å²) in [7, 11) is 0. The van der Waals surface area contributed by atoms with Crippen molar-refractivity contribution in [2.45, 2.75) is 37.6 Å². The molecule has 1 aliphatic heterocycles. The van der Waals surface area contributed by atoms with Crippen LogP contribution in [0.2, 0.25) is 0 Å². The molecule has 2 aromatic carbocycles. The third kappa shape index (κ3) is 2.30. The van der Waals surface area contributed by atoms with Gasteiger partial charge in [0.15, 0.2) is 0 Å². The van der Waals surface area contributed by atoms with Gasteiger partial charge in [-0.2, -0.15) is 0 Å². The van der Waals surface area contributed by atoms with Crippen molar-refractivity contribution in [2.75, 3.05) is 6.54 Å². The van der Waals surface area contributed by atoms with Gasteiger partial charge in [0.2, 0.25) is 0 Å². The Bertz CT molecular complexity index is 994. The molecular formula is C21H21N3O2. The zero-order valence-electron chi connectivity index (χ0n) is 14.5. The van der Waals surface area contributed by atoms with Crippen LogP contribution >= 0.6 is 0 Å². The molecule has 2 N–H and O–H groups in total. The standard InChI is InChI=1S/C21H21N3O2/c25-19-5-1-3-13-7-9-18-15(20(13)19)4-2-10-24(18)21(26)14-6-8-16-17(11-14)23-12-22-16/h1,3,5-6,8,11-12,15,18,25H,2,4,7,9-10H2,(H,22,23)/t15?,18-/m0/s1. The summed E-state index contributed by atoms with van der Waals surface area (Å²) in [6.45, 7) is 0.779. The van der Waals surface area contributed by atoms with E-state index in [1.165, 1.54) is 5.56 Å². The van der Waals surface area contributed by atoms with Gasteiger partial charge in [-0.05, 0) is 55.5 Å². The minimum absolute atomic E-state index is 0.0727. The average molecular weight is 347 g/mol. The van der Waals surface area contributed by atoms with E-state index in [1.807, 2.05) is 29.2 Å². The second kappa shape index (κ2) is 5.87. The van der Waals surface area contributed by atoms with Crippen LogP contribution in [-0.4, -0.2) is 38.5 Å². The van der Waals surface area contributed by atoms with E-state index in [0.29, 0.717) is 11.3 Å². The minimum atomic E-state index is 0.0727. The molecule has 0 radical (unpaired) electrons. The van der Waals surface area contributed by atoms with Crippen LogP contribution in [0.15, 0.2) is 42.7 Å². The van der Waals surface area contributed by atoms with Gasteiger partial charge in [-0.3, -0.25) is 4.79 Å². The van der Waals surface area contributed by atoms with Crippen molar-refractivity contribution in [3.05, 3.63) is 59.4 Å². The summed E-state index contributed by atoms with van der Waals surface area (Å²) >= 11 is 0. The van der Waals surface area contributed by atoms with Crippen molar-refractivity contribution in [3.63, 3.8) is 0 Å². The monoisotopic (exact) mass is 347 g/mol. The number of carbonyl (C=O) groups excluding carboxylic acids is 1. The Hall–Kier alpha value is -2.82. The first-order chi connectivity index (χ1) is 12.7. The van der Waals surface area contributed by atoms with E-state index in [0.717, 1.165) is 48.8 Å². The molecule has 0 spiro atoms. The number of piperidine rings is 1. The predicted molar refractivity (Wildman–Crippen MR) is 99.3 cm³/mol. The second-order valence-electron chi connectivity index (χ2n) is 7.34. The summed E-state index contributed by atoms with van der Waals surface area (Å²) in [5.74, 6) is 0.680. The lowest BCUT2D eigenvalue weighted by Gasteiger charge is -2.45.